The van der Waals surface area contributed by atoms with Crippen LogP contribution in [0, 0.1) is 13.8 Å². The van der Waals surface area contributed by atoms with Crippen LogP contribution >= 0.6 is 24.0 Å². The fraction of sp³-hybridized carbons (Fsp3) is 0.471. The highest BCUT2D eigenvalue weighted by Crippen LogP contribution is 2.24. The molecule has 6 nitrogen and oxygen atoms in total. The Morgan fingerprint density at radius 2 is 2.16 bits per heavy atom. The number of carbonyl (C=O) groups excluding carboxylic acids is 1. The van der Waals surface area contributed by atoms with Gasteiger partial charge in [0.05, 0.1) is 10.7 Å². The minimum absolute atomic E-state index is 0. The van der Waals surface area contributed by atoms with Gasteiger partial charge in [0.25, 0.3) is 5.91 Å². The van der Waals surface area contributed by atoms with Gasteiger partial charge in [0, 0.05) is 24.8 Å². The first-order chi connectivity index (χ1) is 11.5. The van der Waals surface area contributed by atoms with Crippen molar-refractivity contribution in [2.75, 3.05) is 20.1 Å². The standard InChI is InChI=1S/C17H22ClN5O.ClH/c1-11-9-12(2)23(21-11)15-7-6-14(18)16(20-15)17(24)22-8-4-5-13(22)10-19-3;/h6-7,9,13,19H,4-5,8,10H2,1-3H3;1H. The van der Waals surface area contributed by atoms with Crippen molar-refractivity contribution >= 4 is 29.9 Å². The molecule has 3 heterocycles. The summed E-state index contributed by atoms with van der Waals surface area (Å²) in [5, 5.41) is 7.95. The SMILES string of the molecule is CNCC1CCCN1C(=O)c1nc(-n2nc(C)cc2C)ccc1Cl.Cl. The van der Waals surface area contributed by atoms with Crippen LogP contribution in [0.1, 0.15) is 34.7 Å². The summed E-state index contributed by atoms with van der Waals surface area (Å²) in [7, 11) is 1.90. The van der Waals surface area contributed by atoms with Gasteiger partial charge in [-0.15, -0.1) is 12.4 Å². The van der Waals surface area contributed by atoms with E-state index in [1.54, 1.807) is 16.8 Å². The van der Waals surface area contributed by atoms with Crippen molar-refractivity contribution in [2.45, 2.75) is 32.7 Å². The number of likely N-dealkylation sites (N-methyl/N-ethyl adjacent to an activating group) is 1. The van der Waals surface area contributed by atoms with Crippen molar-refractivity contribution in [3.05, 3.63) is 40.3 Å². The molecule has 1 unspecified atom stereocenters. The van der Waals surface area contributed by atoms with Gasteiger partial charge in [-0.2, -0.15) is 5.10 Å². The highest BCUT2D eigenvalue weighted by Gasteiger charge is 2.31. The molecule has 2 aromatic rings. The third kappa shape index (κ3) is 3.97. The molecule has 136 valence electrons. The summed E-state index contributed by atoms with van der Waals surface area (Å²) in [5.74, 6) is 0.499. The quantitative estimate of drug-likeness (QED) is 0.881. The molecular formula is C17H23Cl2N5O. The number of likely N-dealkylation sites (tertiary alicyclic amines) is 1. The molecule has 0 radical (unpaired) electrons. The van der Waals surface area contributed by atoms with Crippen LogP contribution in [-0.4, -0.2) is 51.8 Å². The number of pyridine rings is 1. The Morgan fingerprint density at radius 1 is 1.40 bits per heavy atom. The fourth-order valence-corrected chi connectivity index (χ4v) is 3.43. The summed E-state index contributed by atoms with van der Waals surface area (Å²) in [4.78, 5) is 19.3. The van der Waals surface area contributed by atoms with E-state index in [1.807, 2.05) is 31.9 Å². The maximum absolute atomic E-state index is 12.9. The van der Waals surface area contributed by atoms with Gasteiger partial charge in [-0.3, -0.25) is 4.79 Å². The van der Waals surface area contributed by atoms with Crippen molar-refractivity contribution in [2.24, 2.45) is 0 Å². The summed E-state index contributed by atoms with van der Waals surface area (Å²) in [6, 6.07) is 5.67. The number of rotatable bonds is 4. The lowest BCUT2D eigenvalue weighted by Gasteiger charge is -2.24. The van der Waals surface area contributed by atoms with E-state index in [0.717, 1.165) is 37.3 Å². The van der Waals surface area contributed by atoms with Gasteiger partial charge in [0.1, 0.15) is 5.69 Å². The summed E-state index contributed by atoms with van der Waals surface area (Å²) in [6.07, 6.45) is 2.01. The molecule has 2 aromatic heterocycles. The molecule has 1 aliphatic rings. The maximum Gasteiger partial charge on any atom is 0.274 e. The molecule has 0 aliphatic carbocycles. The molecule has 1 atom stereocenters. The van der Waals surface area contributed by atoms with Crippen LogP contribution < -0.4 is 5.32 Å². The third-order valence-electron chi connectivity index (χ3n) is 4.34. The highest BCUT2D eigenvalue weighted by atomic mass is 35.5. The van der Waals surface area contributed by atoms with Crippen LogP contribution in [0.4, 0.5) is 0 Å². The van der Waals surface area contributed by atoms with Crippen LogP contribution in [0.2, 0.25) is 5.02 Å². The summed E-state index contributed by atoms with van der Waals surface area (Å²) >= 11 is 6.27. The largest absolute Gasteiger partial charge is 0.333 e. The van der Waals surface area contributed by atoms with Gasteiger partial charge in [-0.1, -0.05) is 11.6 Å². The lowest BCUT2D eigenvalue weighted by Crippen LogP contribution is -2.41. The van der Waals surface area contributed by atoms with Crippen molar-refractivity contribution < 1.29 is 4.79 Å². The van der Waals surface area contributed by atoms with Gasteiger partial charge in [-0.25, -0.2) is 9.67 Å². The Labute approximate surface area is 159 Å². The van der Waals surface area contributed by atoms with Crippen molar-refractivity contribution in [1.29, 1.82) is 0 Å². The molecule has 1 fully saturated rings. The smallest absolute Gasteiger partial charge is 0.274 e. The number of hydrogen-bond donors (Lipinski definition) is 1. The highest BCUT2D eigenvalue weighted by molar-refractivity contribution is 6.33. The Morgan fingerprint density at radius 3 is 2.80 bits per heavy atom. The number of aryl methyl sites for hydroxylation is 2. The molecule has 8 heteroatoms. The molecular weight excluding hydrogens is 361 g/mol. The first-order valence-electron chi connectivity index (χ1n) is 8.17. The summed E-state index contributed by atoms with van der Waals surface area (Å²) in [5.41, 5.74) is 2.17. The van der Waals surface area contributed by atoms with Crippen molar-refractivity contribution in [1.82, 2.24) is 25.0 Å². The molecule has 0 saturated carbocycles. The first kappa shape index (κ1) is 19.7. The second kappa shape index (κ2) is 8.17. The Hall–Kier alpha value is -1.63. The minimum Gasteiger partial charge on any atom is -0.333 e. The van der Waals surface area contributed by atoms with Crippen molar-refractivity contribution in [3.8, 4) is 5.82 Å². The predicted octanol–water partition coefficient (Wildman–Crippen LogP) is 2.78. The molecule has 3 rings (SSSR count). The predicted molar refractivity (Wildman–Crippen MR) is 101 cm³/mol. The maximum atomic E-state index is 12.9. The van der Waals surface area contributed by atoms with E-state index in [-0.39, 0.29) is 24.4 Å². The van der Waals surface area contributed by atoms with E-state index >= 15 is 0 Å². The van der Waals surface area contributed by atoms with Crippen LogP contribution in [0.3, 0.4) is 0 Å². The van der Waals surface area contributed by atoms with E-state index in [9.17, 15) is 4.79 Å². The number of nitrogens with zero attached hydrogens (tertiary/aromatic N) is 4. The zero-order valence-electron chi connectivity index (χ0n) is 14.6. The van der Waals surface area contributed by atoms with Crippen molar-refractivity contribution in [3.63, 3.8) is 0 Å². The number of amides is 1. The van der Waals surface area contributed by atoms with E-state index in [1.165, 1.54) is 0 Å². The third-order valence-corrected chi connectivity index (χ3v) is 4.64. The minimum atomic E-state index is -0.110. The van der Waals surface area contributed by atoms with Gasteiger partial charge < -0.3 is 10.2 Å². The van der Waals surface area contributed by atoms with Crippen LogP contribution in [0.25, 0.3) is 5.82 Å². The van der Waals surface area contributed by atoms with Gasteiger partial charge in [0.2, 0.25) is 0 Å². The zero-order chi connectivity index (χ0) is 17.3. The molecule has 1 aliphatic heterocycles. The molecule has 1 N–H and O–H groups in total. The summed E-state index contributed by atoms with van der Waals surface area (Å²) < 4.78 is 1.73. The topological polar surface area (TPSA) is 63.1 Å². The van der Waals surface area contributed by atoms with Crippen LogP contribution in [0.5, 0.6) is 0 Å². The lowest BCUT2D eigenvalue weighted by molar-refractivity contribution is 0.0731. The number of aromatic nitrogens is 3. The van der Waals surface area contributed by atoms with E-state index < -0.39 is 0 Å². The second-order valence-electron chi connectivity index (χ2n) is 6.19. The molecule has 1 saturated heterocycles. The van der Waals surface area contributed by atoms with Gasteiger partial charge in [0.15, 0.2) is 5.82 Å². The van der Waals surface area contributed by atoms with E-state index in [4.69, 9.17) is 11.6 Å². The van der Waals surface area contributed by atoms with Gasteiger partial charge >= 0.3 is 0 Å². The number of nitrogens with one attached hydrogen (secondary N) is 1. The average molecular weight is 384 g/mol. The summed E-state index contributed by atoms with van der Waals surface area (Å²) in [6.45, 7) is 5.41. The normalized spacial score (nSPS) is 16.8. The molecule has 0 aromatic carbocycles. The first-order valence-corrected chi connectivity index (χ1v) is 8.55. The number of carbonyl (C=O) groups is 1. The zero-order valence-corrected chi connectivity index (χ0v) is 16.2. The lowest BCUT2D eigenvalue weighted by atomic mass is 10.2. The second-order valence-corrected chi connectivity index (χ2v) is 6.60. The molecule has 25 heavy (non-hydrogen) atoms. The van der Waals surface area contributed by atoms with E-state index in [0.29, 0.717) is 16.5 Å². The Bertz CT molecular complexity index is 761. The average Bonchev–Trinajstić information content (AvgIpc) is 3.14. The molecule has 0 spiro atoms. The van der Waals surface area contributed by atoms with Crippen LogP contribution in [0.15, 0.2) is 18.2 Å². The Kier molecular flexibility index (Phi) is 6.43. The van der Waals surface area contributed by atoms with Crippen LogP contribution in [-0.2, 0) is 0 Å². The Balaban J connectivity index is 0.00000225. The van der Waals surface area contributed by atoms with E-state index in [2.05, 4.69) is 15.4 Å². The number of halogens is 2. The monoisotopic (exact) mass is 383 g/mol. The van der Waals surface area contributed by atoms with Gasteiger partial charge in [-0.05, 0) is 51.9 Å². The molecule has 0 bridgehead atoms. The fourth-order valence-electron chi connectivity index (χ4n) is 3.25. The molecule has 1 amide bonds. The number of hydrogen-bond acceptors (Lipinski definition) is 4.